The van der Waals surface area contributed by atoms with E-state index in [1.54, 1.807) is 0 Å². The van der Waals surface area contributed by atoms with E-state index in [0.29, 0.717) is 11.7 Å². The molecule has 0 saturated heterocycles. The summed E-state index contributed by atoms with van der Waals surface area (Å²) in [6.07, 6.45) is 6.96. The predicted octanol–water partition coefficient (Wildman–Crippen LogP) is 1.91. The molecule has 0 amide bonds. The second kappa shape index (κ2) is 3.79. The molecule has 2 rings (SSSR count). The zero-order valence-corrected chi connectivity index (χ0v) is 8.04. The van der Waals surface area contributed by atoms with Crippen molar-refractivity contribution in [3.63, 3.8) is 0 Å². The van der Waals surface area contributed by atoms with Crippen LogP contribution in [0, 0.1) is 11.8 Å². The van der Waals surface area contributed by atoms with Crippen molar-refractivity contribution in [2.24, 2.45) is 11.8 Å². The second-order valence-electron chi connectivity index (χ2n) is 4.48. The summed E-state index contributed by atoms with van der Waals surface area (Å²) in [5.41, 5.74) is 0. The molecule has 0 aliphatic heterocycles. The lowest BCUT2D eigenvalue weighted by molar-refractivity contribution is -0.124. The predicted molar refractivity (Wildman–Crippen MR) is 50.3 cm³/mol. The van der Waals surface area contributed by atoms with Crippen molar-refractivity contribution in [2.45, 2.75) is 51.0 Å². The second-order valence-corrected chi connectivity index (χ2v) is 4.48. The van der Waals surface area contributed by atoms with Gasteiger partial charge in [0.2, 0.25) is 0 Å². The third-order valence-electron chi connectivity index (χ3n) is 3.65. The first-order chi connectivity index (χ1) is 6.29. The van der Waals surface area contributed by atoms with E-state index >= 15 is 0 Å². The van der Waals surface area contributed by atoms with Crippen LogP contribution in [0.4, 0.5) is 0 Å². The highest BCUT2D eigenvalue weighted by atomic mass is 16.3. The Bertz CT molecular complexity index is 200. The van der Waals surface area contributed by atoms with Crippen LogP contribution >= 0.6 is 0 Å². The average Bonchev–Trinajstić information content (AvgIpc) is 2.52. The number of hydrogen-bond donors (Lipinski definition) is 1. The molecular weight excluding hydrogens is 164 g/mol. The van der Waals surface area contributed by atoms with Crippen LogP contribution in [0.25, 0.3) is 0 Å². The summed E-state index contributed by atoms with van der Waals surface area (Å²) in [5, 5.41) is 9.79. The smallest absolute Gasteiger partial charge is 0.136 e. The van der Waals surface area contributed by atoms with E-state index in [1.165, 1.54) is 6.42 Å². The minimum atomic E-state index is -0.194. The molecule has 1 N–H and O–H groups in total. The molecule has 0 aromatic rings. The van der Waals surface area contributed by atoms with Crippen LogP contribution in [0.15, 0.2) is 0 Å². The fourth-order valence-corrected chi connectivity index (χ4v) is 2.90. The SMILES string of the molecule is O=C1CCC[C@@H]1[C@@H]1CCCC[C@H]1O. The zero-order chi connectivity index (χ0) is 9.26. The van der Waals surface area contributed by atoms with Crippen molar-refractivity contribution in [1.82, 2.24) is 0 Å². The summed E-state index contributed by atoms with van der Waals surface area (Å²) in [6, 6.07) is 0. The number of rotatable bonds is 1. The summed E-state index contributed by atoms with van der Waals surface area (Å²) in [5.74, 6) is 0.907. The van der Waals surface area contributed by atoms with Crippen LogP contribution in [-0.4, -0.2) is 17.0 Å². The van der Waals surface area contributed by atoms with Gasteiger partial charge >= 0.3 is 0 Å². The van der Waals surface area contributed by atoms with Gasteiger partial charge in [-0.3, -0.25) is 4.79 Å². The van der Waals surface area contributed by atoms with Crippen LogP contribution < -0.4 is 0 Å². The first kappa shape index (κ1) is 9.20. The first-order valence-corrected chi connectivity index (χ1v) is 5.50. The van der Waals surface area contributed by atoms with Gasteiger partial charge in [-0.25, -0.2) is 0 Å². The monoisotopic (exact) mass is 182 g/mol. The Morgan fingerprint density at radius 1 is 1.08 bits per heavy atom. The van der Waals surface area contributed by atoms with Crippen molar-refractivity contribution in [3.8, 4) is 0 Å². The van der Waals surface area contributed by atoms with Gasteiger partial charge in [-0.15, -0.1) is 0 Å². The van der Waals surface area contributed by atoms with Gasteiger partial charge in [0.25, 0.3) is 0 Å². The summed E-state index contributed by atoms with van der Waals surface area (Å²) in [4.78, 5) is 11.5. The molecule has 0 aromatic carbocycles. The number of ketones is 1. The third-order valence-corrected chi connectivity index (χ3v) is 3.65. The van der Waals surface area contributed by atoms with Gasteiger partial charge in [0.1, 0.15) is 5.78 Å². The van der Waals surface area contributed by atoms with Gasteiger partial charge in [0.05, 0.1) is 6.10 Å². The molecule has 0 unspecified atom stereocenters. The topological polar surface area (TPSA) is 37.3 Å². The first-order valence-electron chi connectivity index (χ1n) is 5.50. The van der Waals surface area contributed by atoms with Gasteiger partial charge < -0.3 is 5.11 Å². The van der Waals surface area contributed by atoms with E-state index < -0.39 is 0 Å². The van der Waals surface area contributed by atoms with E-state index in [4.69, 9.17) is 0 Å². The molecular formula is C11H18O2. The van der Waals surface area contributed by atoms with Crippen LogP contribution in [-0.2, 0) is 4.79 Å². The fraction of sp³-hybridized carbons (Fsp3) is 0.909. The molecule has 2 saturated carbocycles. The number of hydrogen-bond acceptors (Lipinski definition) is 2. The van der Waals surface area contributed by atoms with E-state index in [2.05, 4.69) is 0 Å². The van der Waals surface area contributed by atoms with Crippen molar-refractivity contribution in [3.05, 3.63) is 0 Å². The molecule has 0 spiro atoms. The fourth-order valence-electron chi connectivity index (χ4n) is 2.90. The Hall–Kier alpha value is -0.370. The molecule has 74 valence electrons. The van der Waals surface area contributed by atoms with E-state index in [1.807, 2.05) is 0 Å². The molecule has 2 aliphatic carbocycles. The quantitative estimate of drug-likeness (QED) is 0.672. The number of aliphatic hydroxyl groups is 1. The Balaban J connectivity index is 2.01. The summed E-state index contributed by atoms with van der Waals surface area (Å²) in [7, 11) is 0. The Morgan fingerprint density at radius 3 is 2.46 bits per heavy atom. The minimum absolute atomic E-state index is 0.194. The van der Waals surface area contributed by atoms with E-state index in [-0.39, 0.29) is 12.0 Å². The number of carbonyl (C=O) groups is 1. The highest BCUT2D eigenvalue weighted by Crippen LogP contribution is 2.37. The molecule has 3 atom stereocenters. The van der Waals surface area contributed by atoms with Crippen molar-refractivity contribution in [1.29, 1.82) is 0 Å². The lowest BCUT2D eigenvalue weighted by Gasteiger charge is -2.31. The number of carbonyl (C=O) groups excluding carboxylic acids is 1. The van der Waals surface area contributed by atoms with Crippen LogP contribution in [0.1, 0.15) is 44.9 Å². The highest BCUT2D eigenvalue weighted by molar-refractivity contribution is 5.83. The Kier molecular flexibility index (Phi) is 2.68. The molecule has 2 nitrogen and oxygen atoms in total. The van der Waals surface area contributed by atoms with E-state index in [0.717, 1.165) is 38.5 Å². The molecule has 0 bridgehead atoms. The lowest BCUT2D eigenvalue weighted by Crippen LogP contribution is -2.32. The standard InChI is InChI=1S/C11H18O2/c12-10-6-2-1-4-8(10)9-5-3-7-11(9)13/h8-10,12H,1-7H2/t8-,9+,10+/m0/s1. The summed E-state index contributed by atoms with van der Waals surface area (Å²) in [6.45, 7) is 0. The third kappa shape index (κ3) is 1.78. The van der Waals surface area contributed by atoms with E-state index in [9.17, 15) is 9.90 Å². The van der Waals surface area contributed by atoms with Crippen molar-refractivity contribution >= 4 is 5.78 Å². The van der Waals surface area contributed by atoms with Gasteiger partial charge in [0, 0.05) is 12.3 Å². The molecule has 2 heteroatoms. The minimum Gasteiger partial charge on any atom is -0.393 e. The largest absolute Gasteiger partial charge is 0.393 e. The maximum atomic E-state index is 11.5. The summed E-state index contributed by atoms with van der Waals surface area (Å²) >= 11 is 0. The maximum Gasteiger partial charge on any atom is 0.136 e. The van der Waals surface area contributed by atoms with Crippen LogP contribution in [0.2, 0.25) is 0 Å². The highest BCUT2D eigenvalue weighted by Gasteiger charge is 2.36. The van der Waals surface area contributed by atoms with Gasteiger partial charge in [-0.1, -0.05) is 12.8 Å². The van der Waals surface area contributed by atoms with Crippen LogP contribution in [0.5, 0.6) is 0 Å². The molecule has 2 aliphatic rings. The normalized spacial score (nSPS) is 41.0. The number of aliphatic hydroxyl groups excluding tert-OH is 1. The molecule has 2 fully saturated rings. The molecule has 13 heavy (non-hydrogen) atoms. The lowest BCUT2D eigenvalue weighted by atomic mass is 9.77. The van der Waals surface area contributed by atoms with Crippen molar-refractivity contribution in [2.75, 3.05) is 0 Å². The summed E-state index contributed by atoms with van der Waals surface area (Å²) < 4.78 is 0. The van der Waals surface area contributed by atoms with Gasteiger partial charge in [-0.05, 0) is 31.6 Å². The molecule has 0 aromatic heterocycles. The molecule has 0 heterocycles. The Morgan fingerprint density at radius 2 is 1.85 bits per heavy atom. The van der Waals surface area contributed by atoms with Gasteiger partial charge in [-0.2, -0.15) is 0 Å². The maximum absolute atomic E-state index is 11.5. The van der Waals surface area contributed by atoms with Crippen molar-refractivity contribution < 1.29 is 9.90 Å². The average molecular weight is 182 g/mol. The Labute approximate surface area is 79.3 Å². The number of Topliss-reactive ketones (excluding diaryl/α,β-unsaturated/α-hetero) is 1. The van der Waals surface area contributed by atoms with Gasteiger partial charge in [0.15, 0.2) is 0 Å². The molecule has 0 radical (unpaired) electrons. The van der Waals surface area contributed by atoms with Crippen LogP contribution in [0.3, 0.4) is 0 Å². The zero-order valence-electron chi connectivity index (χ0n) is 8.04.